The van der Waals surface area contributed by atoms with Gasteiger partial charge in [0.05, 0.1) is 11.1 Å². The van der Waals surface area contributed by atoms with Crippen LogP contribution in [0.5, 0.6) is 0 Å². The maximum atomic E-state index is 13.4. The highest BCUT2D eigenvalue weighted by atomic mass is 32.1. The number of H-pyrrole nitrogens is 1. The topological polar surface area (TPSA) is 50.7 Å². The van der Waals surface area contributed by atoms with Gasteiger partial charge in [0.15, 0.2) is 4.77 Å². The van der Waals surface area contributed by atoms with Crippen molar-refractivity contribution in [3.8, 4) is 11.3 Å². The fourth-order valence-electron chi connectivity index (χ4n) is 2.31. The Labute approximate surface area is 133 Å². The zero-order chi connectivity index (χ0) is 16.7. The molecule has 0 fully saturated rings. The van der Waals surface area contributed by atoms with Crippen LogP contribution in [0.25, 0.3) is 22.3 Å². The van der Waals surface area contributed by atoms with Crippen LogP contribution in [0.15, 0.2) is 35.1 Å². The second-order valence-corrected chi connectivity index (χ2v) is 5.31. The minimum absolute atomic E-state index is 0.0517. The SMILES string of the molecule is Cn1c(=S)[nH]c(=O)c2c(C(F)F)cc(-c3ccc(F)cc3)nc21. The lowest BCUT2D eigenvalue weighted by molar-refractivity contribution is 0.153. The average molecular weight is 337 g/mol. The second-order valence-electron chi connectivity index (χ2n) is 4.92. The minimum atomic E-state index is -2.86. The summed E-state index contributed by atoms with van der Waals surface area (Å²) >= 11 is 4.98. The molecule has 0 saturated heterocycles. The molecule has 0 amide bonds. The number of rotatable bonds is 2. The number of pyridine rings is 1. The van der Waals surface area contributed by atoms with Crippen LogP contribution < -0.4 is 5.56 Å². The third-order valence-electron chi connectivity index (χ3n) is 3.48. The van der Waals surface area contributed by atoms with Crippen LogP contribution in [0.1, 0.15) is 12.0 Å². The van der Waals surface area contributed by atoms with Crippen molar-refractivity contribution in [1.82, 2.24) is 14.5 Å². The van der Waals surface area contributed by atoms with E-state index in [2.05, 4.69) is 9.97 Å². The lowest BCUT2D eigenvalue weighted by atomic mass is 10.1. The standard InChI is InChI=1S/C15H10F3N3OS/c1-21-13-11(14(22)20-15(21)23)9(12(17)18)6-10(19-13)7-2-4-8(16)5-3-7/h2-6,12H,1H3,(H,20,22,23). The van der Waals surface area contributed by atoms with Crippen LogP contribution in [0, 0.1) is 10.6 Å². The zero-order valence-corrected chi connectivity index (χ0v) is 12.6. The molecule has 3 rings (SSSR count). The quantitative estimate of drug-likeness (QED) is 0.725. The minimum Gasteiger partial charge on any atom is -0.306 e. The summed E-state index contributed by atoms with van der Waals surface area (Å²) in [5, 5.41) is -0.207. The molecular weight excluding hydrogens is 327 g/mol. The molecule has 1 aromatic carbocycles. The molecule has 4 nitrogen and oxygen atoms in total. The summed E-state index contributed by atoms with van der Waals surface area (Å²) in [7, 11) is 1.53. The van der Waals surface area contributed by atoms with Gasteiger partial charge in [-0.3, -0.25) is 9.78 Å². The predicted molar refractivity (Wildman–Crippen MR) is 82.5 cm³/mol. The zero-order valence-electron chi connectivity index (χ0n) is 11.8. The number of halogens is 3. The Balaban J connectivity index is 2.42. The molecule has 0 bridgehead atoms. The van der Waals surface area contributed by atoms with Gasteiger partial charge in [0.2, 0.25) is 0 Å². The van der Waals surface area contributed by atoms with Gasteiger partial charge in [-0.05, 0) is 42.5 Å². The van der Waals surface area contributed by atoms with E-state index in [9.17, 15) is 18.0 Å². The molecule has 0 unspecified atom stereocenters. The number of fused-ring (bicyclic) bond motifs is 1. The van der Waals surface area contributed by atoms with Crippen LogP contribution >= 0.6 is 12.2 Å². The Hall–Kier alpha value is -2.48. The summed E-state index contributed by atoms with van der Waals surface area (Å²) in [5.74, 6) is -0.446. The molecule has 23 heavy (non-hydrogen) atoms. The van der Waals surface area contributed by atoms with E-state index in [1.165, 1.54) is 35.9 Å². The summed E-state index contributed by atoms with van der Waals surface area (Å²) in [5.41, 5.74) is -0.432. The van der Waals surface area contributed by atoms with E-state index in [-0.39, 0.29) is 21.5 Å². The summed E-state index contributed by atoms with van der Waals surface area (Å²) in [6, 6.07) is 6.42. The number of aryl methyl sites for hydroxylation is 1. The maximum absolute atomic E-state index is 13.4. The van der Waals surface area contributed by atoms with Gasteiger partial charge in [-0.25, -0.2) is 18.2 Å². The van der Waals surface area contributed by atoms with Crippen LogP contribution in [0.3, 0.4) is 0 Å². The molecule has 0 aliphatic rings. The van der Waals surface area contributed by atoms with Gasteiger partial charge in [0, 0.05) is 18.2 Å². The number of aromatic amines is 1. The average Bonchev–Trinajstić information content (AvgIpc) is 2.52. The fourth-order valence-corrected chi connectivity index (χ4v) is 2.49. The van der Waals surface area contributed by atoms with Gasteiger partial charge >= 0.3 is 0 Å². The molecule has 118 valence electrons. The Morgan fingerprint density at radius 3 is 2.52 bits per heavy atom. The van der Waals surface area contributed by atoms with E-state index in [1.807, 2.05) is 0 Å². The molecule has 8 heteroatoms. The second kappa shape index (κ2) is 5.62. The van der Waals surface area contributed by atoms with Crippen molar-refractivity contribution in [3.05, 3.63) is 56.8 Å². The number of nitrogens with zero attached hydrogens (tertiary/aromatic N) is 2. The molecule has 0 saturated carbocycles. The predicted octanol–water partition coefficient (Wildman–Crippen LogP) is 3.73. The Bertz CT molecular complexity index is 1010. The Morgan fingerprint density at radius 2 is 1.91 bits per heavy atom. The van der Waals surface area contributed by atoms with Crippen molar-refractivity contribution in [2.24, 2.45) is 7.05 Å². The van der Waals surface area contributed by atoms with E-state index in [0.29, 0.717) is 5.56 Å². The third-order valence-corrected chi connectivity index (χ3v) is 3.85. The molecule has 1 N–H and O–H groups in total. The summed E-state index contributed by atoms with van der Waals surface area (Å²) in [6.45, 7) is 0. The molecule has 0 spiro atoms. The van der Waals surface area contributed by atoms with Crippen molar-refractivity contribution in [1.29, 1.82) is 0 Å². The Morgan fingerprint density at radius 1 is 1.26 bits per heavy atom. The van der Waals surface area contributed by atoms with Crippen molar-refractivity contribution >= 4 is 23.3 Å². The first kappa shape index (κ1) is 15.4. The highest BCUT2D eigenvalue weighted by Gasteiger charge is 2.19. The van der Waals surface area contributed by atoms with Crippen molar-refractivity contribution in [2.45, 2.75) is 6.43 Å². The van der Waals surface area contributed by atoms with E-state index in [4.69, 9.17) is 12.2 Å². The molecule has 0 radical (unpaired) electrons. The lowest BCUT2D eigenvalue weighted by Gasteiger charge is -2.11. The number of aromatic nitrogens is 3. The van der Waals surface area contributed by atoms with Crippen molar-refractivity contribution in [2.75, 3.05) is 0 Å². The number of hydrogen-bond acceptors (Lipinski definition) is 3. The highest BCUT2D eigenvalue weighted by molar-refractivity contribution is 7.71. The van der Waals surface area contributed by atoms with Gasteiger partial charge in [-0.2, -0.15) is 0 Å². The molecule has 2 aromatic heterocycles. The highest BCUT2D eigenvalue weighted by Crippen LogP contribution is 2.29. The van der Waals surface area contributed by atoms with Crippen molar-refractivity contribution < 1.29 is 13.2 Å². The lowest BCUT2D eigenvalue weighted by Crippen LogP contribution is -2.16. The summed E-state index contributed by atoms with van der Waals surface area (Å²) in [4.78, 5) is 18.6. The first-order valence-electron chi connectivity index (χ1n) is 6.56. The van der Waals surface area contributed by atoms with E-state index in [0.717, 1.165) is 6.07 Å². The summed E-state index contributed by atoms with van der Waals surface area (Å²) < 4.78 is 41.2. The van der Waals surface area contributed by atoms with Gasteiger partial charge in [-0.15, -0.1) is 0 Å². The smallest absolute Gasteiger partial charge is 0.264 e. The number of benzene rings is 1. The number of alkyl halides is 2. The first-order valence-corrected chi connectivity index (χ1v) is 6.97. The first-order chi connectivity index (χ1) is 10.9. The molecule has 0 aliphatic carbocycles. The molecule has 3 aromatic rings. The van der Waals surface area contributed by atoms with Gasteiger partial charge in [0.1, 0.15) is 11.5 Å². The van der Waals surface area contributed by atoms with E-state index in [1.54, 1.807) is 0 Å². The van der Waals surface area contributed by atoms with Crippen LogP contribution in [0.2, 0.25) is 0 Å². The number of hydrogen-bond donors (Lipinski definition) is 1. The van der Waals surface area contributed by atoms with Crippen LogP contribution in [0.4, 0.5) is 13.2 Å². The third kappa shape index (κ3) is 2.65. The molecule has 2 heterocycles. The molecule has 0 atom stereocenters. The normalized spacial score (nSPS) is 11.3. The van der Waals surface area contributed by atoms with Crippen LogP contribution in [-0.2, 0) is 7.05 Å². The van der Waals surface area contributed by atoms with E-state index >= 15 is 0 Å². The van der Waals surface area contributed by atoms with Gasteiger partial charge in [0.25, 0.3) is 12.0 Å². The Kier molecular flexibility index (Phi) is 3.77. The van der Waals surface area contributed by atoms with Gasteiger partial charge < -0.3 is 4.57 Å². The van der Waals surface area contributed by atoms with Crippen LogP contribution in [-0.4, -0.2) is 14.5 Å². The van der Waals surface area contributed by atoms with Crippen molar-refractivity contribution in [3.63, 3.8) is 0 Å². The monoisotopic (exact) mass is 337 g/mol. The molecule has 0 aliphatic heterocycles. The maximum Gasteiger partial charge on any atom is 0.264 e. The van der Waals surface area contributed by atoms with E-state index < -0.39 is 23.4 Å². The van der Waals surface area contributed by atoms with Gasteiger partial charge in [-0.1, -0.05) is 0 Å². The fraction of sp³-hybridized carbons (Fsp3) is 0.133. The largest absolute Gasteiger partial charge is 0.306 e. The molecular formula is C15H10F3N3OS. The number of nitrogens with one attached hydrogen (secondary N) is 1. The summed E-state index contributed by atoms with van der Waals surface area (Å²) in [6.07, 6.45) is -2.86.